The summed E-state index contributed by atoms with van der Waals surface area (Å²) < 4.78 is 85.0. The van der Waals surface area contributed by atoms with Gasteiger partial charge >= 0.3 is 0 Å². The number of ether oxygens (including phenoxy) is 16. The topological polar surface area (TPSA) is 260 Å². The molecule has 1 atom stereocenters. The first-order valence-electron chi connectivity index (χ1n) is 24.8. The summed E-state index contributed by atoms with van der Waals surface area (Å²) in [4.78, 5) is 38.4. The number of aryl methyl sites for hydroxylation is 1. The minimum absolute atomic E-state index is 0.00577. The van der Waals surface area contributed by atoms with Crippen LogP contribution in [0.15, 0.2) is 72.8 Å². The van der Waals surface area contributed by atoms with Gasteiger partial charge in [0.05, 0.1) is 113 Å². The van der Waals surface area contributed by atoms with E-state index in [0.717, 1.165) is 22.4 Å². The van der Waals surface area contributed by atoms with Gasteiger partial charge in [-0.1, -0.05) is 30.4 Å². The van der Waals surface area contributed by atoms with E-state index in [-0.39, 0.29) is 104 Å². The molecule has 22 heteroatoms. The van der Waals surface area contributed by atoms with Crippen molar-refractivity contribution in [2.75, 3.05) is 107 Å². The van der Waals surface area contributed by atoms with Crippen LogP contribution in [0.25, 0.3) is 12.2 Å². The predicted octanol–water partition coefficient (Wildman–Crippen LogP) is 10.1. The normalized spacial score (nSPS) is 12.2. The number of hydrogen-bond acceptors (Lipinski definition) is 22. The number of rotatable bonds is 22. The average Bonchev–Trinajstić information content (AvgIpc) is 3.66. The van der Waals surface area contributed by atoms with Crippen LogP contribution >= 0.6 is 0 Å². The first-order valence-corrected chi connectivity index (χ1v) is 24.8. The Morgan fingerprint density at radius 3 is 1.35 bits per heavy atom. The van der Waals surface area contributed by atoms with Crippen LogP contribution in [0.3, 0.4) is 0 Å². The molecule has 0 bridgehead atoms. The van der Waals surface area contributed by atoms with E-state index >= 15 is 0 Å². The fourth-order valence-corrected chi connectivity index (χ4v) is 8.76. The molecule has 6 aromatic carbocycles. The summed E-state index contributed by atoms with van der Waals surface area (Å²) in [6.45, 7) is 1.91. The van der Waals surface area contributed by atoms with Gasteiger partial charge in [0.2, 0.25) is 40.2 Å². The molecule has 0 aromatic heterocycles. The van der Waals surface area contributed by atoms with Gasteiger partial charge in [-0.3, -0.25) is 14.4 Å². The number of phenols is 3. The van der Waals surface area contributed by atoms with E-state index in [9.17, 15) is 29.7 Å². The highest BCUT2D eigenvalue weighted by Crippen LogP contribution is 2.57. The maximum absolute atomic E-state index is 12.9. The second-order valence-corrected chi connectivity index (χ2v) is 17.1. The van der Waals surface area contributed by atoms with Gasteiger partial charge in [-0.05, 0) is 77.7 Å². The molecular formula is C61H68O22. The Bertz CT molecular complexity index is 3360. The first kappa shape index (κ1) is 63.8. The monoisotopic (exact) mass is 1150 g/mol. The van der Waals surface area contributed by atoms with Gasteiger partial charge in [0.25, 0.3) is 0 Å². The quantitative estimate of drug-likeness (QED) is 0.0422. The number of hydrogen-bond donors (Lipinski definition) is 3. The van der Waals surface area contributed by atoms with Crippen molar-refractivity contribution in [3.8, 4) is 109 Å². The molecule has 1 aliphatic rings. The summed E-state index contributed by atoms with van der Waals surface area (Å²) in [5.41, 5.74) is 3.08. The van der Waals surface area contributed by atoms with E-state index in [1.54, 1.807) is 69.9 Å². The van der Waals surface area contributed by atoms with Gasteiger partial charge in [0.15, 0.2) is 74.8 Å². The molecule has 7 rings (SSSR count). The minimum atomic E-state index is -0.605. The summed E-state index contributed by atoms with van der Waals surface area (Å²) >= 11 is 0. The fraction of sp³-hybridized carbons (Fsp3) is 0.295. The van der Waals surface area contributed by atoms with Crippen molar-refractivity contribution in [1.29, 1.82) is 0 Å². The van der Waals surface area contributed by atoms with E-state index in [4.69, 9.17) is 75.8 Å². The maximum atomic E-state index is 12.9. The molecular weight excluding hydrogens is 1080 g/mol. The fourth-order valence-electron chi connectivity index (χ4n) is 8.76. The zero-order valence-corrected chi connectivity index (χ0v) is 49.0. The second-order valence-electron chi connectivity index (χ2n) is 17.1. The molecule has 3 N–H and O–H groups in total. The lowest BCUT2D eigenvalue weighted by molar-refractivity contribution is 0.0832. The Labute approximate surface area is 480 Å². The number of aromatic hydroxyl groups is 3. The van der Waals surface area contributed by atoms with Gasteiger partial charge in [-0.25, -0.2) is 0 Å². The molecule has 1 heterocycles. The highest BCUT2D eigenvalue weighted by Gasteiger charge is 2.38. The number of carbonyl (C=O) groups is 3. The van der Waals surface area contributed by atoms with E-state index in [1.165, 1.54) is 104 Å². The molecule has 0 saturated carbocycles. The molecule has 6 aromatic rings. The van der Waals surface area contributed by atoms with Gasteiger partial charge in [-0.15, -0.1) is 0 Å². The molecule has 0 radical (unpaired) electrons. The second kappa shape index (κ2) is 29.5. The Kier molecular flexibility index (Phi) is 22.7. The van der Waals surface area contributed by atoms with Crippen LogP contribution in [0.1, 0.15) is 65.9 Å². The van der Waals surface area contributed by atoms with Crippen LogP contribution in [-0.4, -0.2) is 139 Å². The lowest BCUT2D eigenvalue weighted by Crippen LogP contribution is -2.21. The van der Waals surface area contributed by atoms with Crippen LogP contribution < -0.4 is 75.8 Å². The van der Waals surface area contributed by atoms with Crippen LogP contribution in [0.4, 0.5) is 0 Å². The third-order valence-corrected chi connectivity index (χ3v) is 12.7. The number of ketones is 3. The Morgan fingerprint density at radius 2 is 0.855 bits per heavy atom. The molecule has 22 nitrogen and oxygen atoms in total. The van der Waals surface area contributed by atoms with Crippen molar-refractivity contribution >= 4 is 29.5 Å². The number of benzene rings is 6. The Morgan fingerprint density at radius 1 is 0.434 bits per heavy atom. The number of phenolic OH excluding ortho intramolecular Hbond substituents is 3. The lowest BCUT2D eigenvalue weighted by Gasteiger charge is -2.29. The lowest BCUT2D eigenvalue weighted by atomic mass is 9.94. The predicted molar refractivity (Wildman–Crippen MR) is 306 cm³/mol. The van der Waals surface area contributed by atoms with Crippen LogP contribution in [0, 0.1) is 6.92 Å². The molecule has 1 aliphatic heterocycles. The Balaban J connectivity index is 0.000000228. The van der Waals surface area contributed by atoms with E-state index < -0.39 is 23.4 Å². The Hall–Kier alpha value is -9.99. The average molecular weight is 1150 g/mol. The highest BCUT2D eigenvalue weighted by atomic mass is 16.6. The maximum Gasteiger partial charge on any atom is 0.211 e. The van der Waals surface area contributed by atoms with Crippen LogP contribution in [0.5, 0.6) is 109 Å². The van der Waals surface area contributed by atoms with E-state index in [1.807, 2.05) is 25.1 Å². The smallest absolute Gasteiger partial charge is 0.211 e. The van der Waals surface area contributed by atoms with Gasteiger partial charge in [0.1, 0.15) is 34.3 Å². The number of methoxy groups -OCH3 is 15. The van der Waals surface area contributed by atoms with E-state index in [2.05, 4.69) is 0 Å². The molecule has 83 heavy (non-hydrogen) atoms. The third kappa shape index (κ3) is 13.6. The first-order chi connectivity index (χ1) is 39.9. The van der Waals surface area contributed by atoms with E-state index in [0.29, 0.717) is 28.6 Å². The number of fused-ring (bicyclic) bond motifs is 1. The molecule has 0 spiro atoms. The third-order valence-electron chi connectivity index (χ3n) is 12.7. The largest absolute Gasteiger partial charge is 0.507 e. The van der Waals surface area contributed by atoms with Crippen LogP contribution in [-0.2, 0) is 0 Å². The SMILES string of the molecule is COc1ccc(/C=C/C(=O)c2c(O)c(OC)c(OC)c(OC)c2OC)cc1C.COc1ccc(/C=C/C(=O)c2c(O)cc(OC)c(OC)c2OC)cc1OC.COc1ccc(C2CC(=O)c3c(O)c(OC)c(OC)c(OC)c3O2)cc1OC. The summed E-state index contributed by atoms with van der Waals surface area (Å²) in [5.74, 6) is 2.03. The number of carbonyl (C=O) groups excluding carboxylic acids is 3. The highest BCUT2D eigenvalue weighted by molar-refractivity contribution is 6.13. The summed E-state index contributed by atoms with van der Waals surface area (Å²) in [7, 11) is 21.7. The van der Waals surface area contributed by atoms with Gasteiger partial charge in [-0.2, -0.15) is 0 Å². The summed E-state index contributed by atoms with van der Waals surface area (Å²) in [5, 5.41) is 31.4. The molecule has 444 valence electrons. The van der Waals surface area contributed by atoms with Crippen molar-refractivity contribution in [1.82, 2.24) is 0 Å². The summed E-state index contributed by atoms with van der Waals surface area (Å²) in [6, 6.07) is 17.3. The summed E-state index contributed by atoms with van der Waals surface area (Å²) in [6.07, 6.45) is 5.31. The van der Waals surface area contributed by atoms with Crippen molar-refractivity contribution in [2.24, 2.45) is 0 Å². The minimum Gasteiger partial charge on any atom is -0.507 e. The molecule has 1 unspecified atom stereocenters. The van der Waals surface area contributed by atoms with Gasteiger partial charge in [0, 0.05) is 6.07 Å². The number of allylic oxidation sites excluding steroid dienone is 2. The zero-order chi connectivity index (χ0) is 61.2. The molecule has 0 saturated heterocycles. The number of Topliss-reactive ketones (excluding diaryl/α,β-unsaturated/α-hetero) is 1. The van der Waals surface area contributed by atoms with Crippen molar-refractivity contribution in [2.45, 2.75) is 19.4 Å². The standard InChI is InChI=1S/C21H24O7.C20H22O8.C20H22O7/c1-12-11-13(8-10-15(12)24-2)7-9-14(22)16-17(23)19(26-4)21(28-6)20(27-5)18(16)25-3;1-23-12-7-6-10(8-14(12)24-2)13-9-11(21)15-16(22)18(25-3)20(27-5)19(26-4)17(15)28-13;1-23-15-9-7-12(10-16(15)24-2)6-8-13(21)18-14(22)11-17(25-3)19(26-4)20(18)27-5/h7-11,23H,1-6H3;6-8,13,22H,9H2,1-5H3;6-11,22H,1-5H3/b9-7+;;8-6+. The molecule has 0 aliphatic carbocycles. The van der Waals surface area contributed by atoms with Gasteiger partial charge < -0.3 is 91.1 Å². The zero-order valence-electron chi connectivity index (χ0n) is 49.0. The van der Waals surface area contributed by atoms with Crippen molar-refractivity contribution in [3.63, 3.8) is 0 Å². The van der Waals surface area contributed by atoms with Crippen molar-refractivity contribution in [3.05, 3.63) is 112 Å². The molecule has 0 fully saturated rings. The molecule has 0 amide bonds. The van der Waals surface area contributed by atoms with Crippen LogP contribution in [0.2, 0.25) is 0 Å². The van der Waals surface area contributed by atoms with Crippen molar-refractivity contribution < 1.29 is 105 Å².